The van der Waals surface area contributed by atoms with Crippen LogP contribution in [-0.4, -0.2) is 5.54 Å². The van der Waals surface area contributed by atoms with Crippen LogP contribution in [0, 0.1) is 5.82 Å². The summed E-state index contributed by atoms with van der Waals surface area (Å²) in [4.78, 5) is 0. The van der Waals surface area contributed by atoms with Gasteiger partial charge in [-0.25, -0.2) is 4.39 Å². The van der Waals surface area contributed by atoms with E-state index in [0.717, 1.165) is 12.1 Å². The van der Waals surface area contributed by atoms with Crippen LogP contribution in [0.2, 0.25) is 0 Å². The summed E-state index contributed by atoms with van der Waals surface area (Å²) in [6.45, 7) is 7.32. The predicted molar refractivity (Wildman–Crippen MR) is 83.7 cm³/mol. The summed E-state index contributed by atoms with van der Waals surface area (Å²) in [7, 11) is 0. The molecule has 1 heterocycles. The number of benzene rings is 1. The van der Waals surface area contributed by atoms with Gasteiger partial charge in [0.1, 0.15) is 23.9 Å². The largest absolute Gasteiger partial charge is 0.484 e. The van der Waals surface area contributed by atoms with E-state index >= 15 is 0 Å². The van der Waals surface area contributed by atoms with E-state index in [-0.39, 0.29) is 18.0 Å². The lowest BCUT2D eigenvalue weighted by molar-refractivity contribution is 0.267. The minimum Gasteiger partial charge on any atom is -0.484 e. The van der Waals surface area contributed by atoms with Crippen molar-refractivity contribution in [1.82, 2.24) is 5.32 Å². The molecular formula is C16H19BrFNO2. The molecule has 0 aliphatic heterocycles. The summed E-state index contributed by atoms with van der Waals surface area (Å²) < 4.78 is 24.9. The van der Waals surface area contributed by atoms with Gasteiger partial charge in [-0.2, -0.15) is 0 Å². The molecule has 0 atom stereocenters. The second-order valence-electron chi connectivity index (χ2n) is 5.89. The van der Waals surface area contributed by atoms with Gasteiger partial charge in [0, 0.05) is 23.7 Å². The molecule has 0 amide bonds. The van der Waals surface area contributed by atoms with Crippen LogP contribution in [-0.2, 0) is 13.2 Å². The second-order valence-corrected chi connectivity index (χ2v) is 6.74. The van der Waals surface area contributed by atoms with Crippen LogP contribution in [0.15, 0.2) is 39.4 Å². The maximum Gasteiger partial charge on any atom is 0.146 e. The number of rotatable bonds is 5. The Morgan fingerprint density at radius 3 is 2.76 bits per heavy atom. The standard InChI is InChI=1S/C16H19BrFNO2/c1-16(2,3)19-8-11-6-13(20-9-11)10-21-15-7-12(18)4-5-14(15)17/h4-7,9,19H,8,10H2,1-3H3. The second kappa shape index (κ2) is 6.62. The van der Waals surface area contributed by atoms with Gasteiger partial charge in [0.15, 0.2) is 0 Å². The van der Waals surface area contributed by atoms with Crippen LogP contribution < -0.4 is 10.1 Å². The van der Waals surface area contributed by atoms with Gasteiger partial charge in [-0.05, 0) is 54.9 Å². The number of hydrogen-bond acceptors (Lipinski definition) is 3. The number of hydrogen-bond donors (Lipinski definition) is 1. The zero-order valence-corrected chi connectivity index (χ0v) is 14.0. The fourth-order valence-electron chi connectivity index (χ4n) is 1.70. The molecule has 0 bridgehead atoms. The Balaban J connectivity index is 1.92. The molecule has 114 valence electrons. The normalized spacial score (nSPS) is 11.7. The Morgan fingerprint density at radius 1 is 1.29 bits per heavy atom. The van der Waals surface area contributed by atoms with Crippen LogP contribution in [0.25, 0.3) is 0 Å². The highest BCUT2D eigenvalue weighted by molar-refractivity contribution is 9.10. The quantitative estimate of drug-likeness (QED) is 0.847. The molecule has 1 N–H and O–H groups in total. The molecule has 0 spiro atoms. The molecule has 5 heteroatoms. The van der Waals surface area contributed by atoms with Crippen molar-refractivity contribution in [3.05, 3.63) is 52.1 Å². The topological polar surface area (TPSA) is 34.4 Å². The highest BCUT2D eigenvalue weighted by Crippen LogP contribution is 2.26. The van der Waals surface area contributed by atoms with Crippen molar-refractivity contribution >= 4 is 15.9 Å². The smallest absolute Gasteiger partial charge is 0.146 e. The summed E-state index contributed by atoms with van der Waals surface area (Å²) in [5, 5.41) is 3.38. The van der Waals surface area contributed by atoms with Crippen molar-refractivity contribution in [3.8, 4) is 5.75 Å². The van der Waals surface area contributed by atoms with Crippen molar-refractivity contribution in [3.63, 3.8) is 0 Å². The highest BCUT2D eigenvalue weighted by Gasteiger charge is 2.10. The molecule has 2 rings (SSSR count). The molecule has 3 nitrogen and oxygen atoms in total. The minimum absolute atomic E-state index is 0.0559. The number of ether oxygens (including phenoxy) is 1. The number of furan rings is 1. The third-order valence-electron chi connectivity index (χ3n) is 2.79. The average Bonchev–Trinajstić information content (AvgIpc) is 2.85. The van der Waals surface area contributed by atoms with Crippen LogP contribution in [0.3, 0.4) is 0 Å². The summed E-state index contributed by atoms with van der Waals surface area (Å²) in [6.07, 6.45) is 1.71. The summed E-state index contributed by atoms with van der Waals surface area (Å²) in [5.74, 6) is 0.834. The minimum atomic E-state index is -0.331. The Kier molecular flexibility index (Phi) is 5.06. The molecule has 21 heavy (non-hydrogen) atoms. The number of halogens is 2. The molecule has 0 saturated carbocycles. The van der Waals surface area contributed by atoms with Gasteiger partial charge < -0.3 is 14.5 Å². The Hall–Kier alpha value is -1.33. The molecule has 0 saturated heterocycles. The summed E-state index contributed by atoms with van der Waals surface area (Å²) >= 11 is 3.32. The average molecular weight is 356 g/mol. The van der Waals surface area contributed by atoms with Gasteiger partial charge >= 0.3 is 0 Å². The van der Waals surface area contributed by atoms with E-state index in [2.05, 4.69) is 42.0 Å². The Labute approximate surface area is 132 Å². The first-order valence-electron chi connectivity index (χ1n) is 6.73. The molecule has 0 aliphatic rings. The SMILES string of the molecule is CC(C)(C)NCc1coc(COc2cc(F)ccc2Br)c1. The summed E-state index contributed by atoms with van der Waals surface area (Å²) in [6, 6.07) is 6.27. The zero-order valence-electron chi connectivity index (χ0n) is 12.4. The van der Waals surface area contributed by atoms with Gasteiger partial charge in [0.2, 0.25) is 0 Å². The molecule has 0 fully saturated rings. The molecule has 1 aromatic carbocycles. The number of nitrogens with one attached hydrogen (secondary N) is 1. The van der Waals surface area contributed by atoms with E-state index in [0.29, 0.717) is 16.0 Å². The first-order valence-corrected chi connectivity index (χ1v) is 7.52. The fourth-order valence-corrected chi connectivity index (χ4v) is 2.06. The maximum absolute atomic E-state index is 13.2. The molecule has 0 unspecified atom stereocenters. The van der Waals surface area contributed by atoms with E-state index in [1.54, 1.807) is 12.3 Å². The van der Waals surface area contributed by atoms with Crippen molar-refractivity contribution in [2.45, 2.75) is 39.5 Å². The Bertz CT molecular complexity index is 605. The predicted octanol–water partition coefficient (Wildman–Crippen LogP) is 4.65. The van der Waals surface area contributed by atoms with Crippen molar-refractivity contribution < 1.29 is 13.5 Å². The van der Waals surface area contributed by atoms with Gasteiger partial charge in [0.25, 0.3) is 0 Å². The van der Waals surface area contributed by atoms with Gasteiger partial charge in [-0.1, -0.05) is 0 Å². The van der Waals surface area contributed by atoms with E-state index in [1.807, 2.05) is 6.07 Å². The first-order chi connectivity index (χ1) is 9.83. The molecule has 1 aromatic heterocycles. The molecule has 0 radical (unpaired) electrons. The van der Waals surface area contributed by atoms with E-state index in [4.69, 9.17) is 9.15 Å². The third-order valence-corrected chi connectivity index (χ3v) is 3.45. The van der Waals surface area contributed by atoms with Crippen LogP contribution in [0.1, 0.15) is 32.1 Å². The fraction of sp³-hybridized carbons (Fsp3) is 0.375. The van der Waals surface area contributed by atoms with Crippen LogP contribution in [0.5, 0.6) is 5.75 Å². The van der Waals surface area contributed by atoms with Gasteiger partial charge in [-0.3, -0.25) is 0 Å². The van der Waals surface area contributed by atoms with E-state index in [9.17, 15) is 4.39 Å². The third kappa shape index (κ3) is 5.17. The van der Waals surface area contributed by atoms with Crippen LogP contribution in [0.4, 0.5) is 4.39 Å². The van der Waals surface area contributed by atoms with E-state index in [1.165, 1.54) is 12.1 Å². The highest BCUT2D eigenvalue weighted by atomic mass is 79.9. The van der Waals surface area contributed by atoms with Crippen LogP contribution >= 0.6 is 15.9 Å². The van der Waals surface area contributed by atoms with Crippen molar-refractivity contribution in [2.24, 2.45) is 0 Å². The summed E-state index contributed by atoms with van der Waals surface area (Å²) in [5.41, 5.74) is 1.11. The maximum atomic E-state index is 13.2. The molecular weight excluding hydrogens is 337 g/mol. The first kappa shape index (κ1) is 16.0. The van der Waals surface area contributed by atoms with Gasteiger partial charge in [0.05, 0.1) is 10.7 Å². The van der Waals surface area contributed by atoms with Crippen molar-refractivity contribution in [1.29, 1.82) is 0 Å². The zero-order chi connectivity index (χ0) is 15.5. The van der Waals surface area contributed by atoms with E-state index < -0.39 is 0 Å². The molecule has 2 aromatic rings. The lowest BCUT2D eigenvalue weighted by atomic mass is 10.1. The molecule has 0 aliphatic carbocycles. The van der Waals surface area contributed by atoms with Crippen molar-refractivity contribution in [2.75, 3.05) is 0 Å². The Morgan fingerprint density at radius 2 is 2.05 bits per heavy atom. The monoisotopic (exact) mass is 355 g/mol. The van der Waals surface area contributed by atoms with Gasteiger partial charge in [-0.15, -0.1) is 0 Å². The lowest BCUT2D eigenvalue weighted by Gasteiger charge is -2.19. The lowest BCUT2D eigenvalue weighted by Crippen LogP contribution is -2.34.